The van der Waals surface area contributed by atoms with E-state index in [9.17, 15) is 0 Å². The zero-order chi connectivity index (χ0) is 19.0. The molecule has 0 saturated carbocycles. The fourth-order valence-corrected chi connectivity index (χ4v) is 3.85. The van der Waals surface area contributed by atoms with Gasteiger partial charge < -0.3 is 14.5 Å². The molecule has 0 spiro atoms. The van der Waals surface area contributed by atoms with Crippen LogP contribution in [-0.2, 0) is 20.0 Å². The maximum absolute atomic E-state index is 5.59. The number of fused-ring (bicyclic) bond motifs is 1. The lowest BCUT2D eigenvalue weighted by Crippen LogP contribution is -2.36. The number of aromatic nitrogens is 4. The summed E-state index contributed by atoms with van der Waals surface area (Å²) in [5, 5.41) is 4.46. The number of methoxy groups -OCH3 is 2. The third-order valence-corrected chi connectivity index (χ3v) is 5.45. The van der Waals surface area contributed by atoms with Crippen LogP contribution in [-0.4, -0.2) is 45.4 Å². The van der Waals surface area contributed by atoms with Crippen LogP contribution in [0.25, 0.3) is 0 Å². The van der Waals surface area contributed by atoms with Crippen LogP contribution in [0.1, 0.15) is 34.3 Å². The lowest BCUT2D eigenvalue weighted by Gasteiger charge is -2.35. The van der Waals surface area contributed by atoms with E-state index in [4.69, 9.17) is 9.47 Å². The molecule has 0 aliphatic carbocycles. The first kappa shape index (κ1) is 17.6. The van der Waals surface area contributed by atoms with E-state index in [2.05, 4.69) is 26.9 Å². The van der Waals surface area contributed by atoms with Crippen LogP contribution in [0.2, 0.25) is 0 Å². The molecule has 3 heterocycles. The maximum Gasteiger partial charge on any atom is 0.123 e. The summed E-state index contributed by atoms with van der Waals surface area (Å²) in [6, 6.07) is 5.99. The Balaban J connectivity index is 1.74. The summed E-state index contributed by atoms with van der Waals surface area (Å²) >= 11 is 0. The van der Waals surface area contributed by atoms with Crippen molar-refractivity contribution in [3.05, 3.63) is 58.9 Å². The highest BCUT2D eigenvalue weighted by atomic mass is 16.5. The molecule has 4 rings (SSSR count). The van der Waals surface area contributed by atoms with Crippen molar-refractivity contribution in [2.24, 2.45) is 7.05 Å². The number of nitrogens with one attached hydrogen (secondary N) is 1. The van der Waals surface area contributed by atoms with Crippen molar-refractivity contribution in [2.45, 2.75) is 25.9 Å². The van der Waals surface area contributed by atoms with Gasteiger partial charge in [0.2, 0.25) is 0 Å². The van der Waals surface area contributed by atoms with Crippen LogP contribution < -0.4 is 9.47 Å². The number of rotatable bonds is 5. The predicted molar refractivity (Wildman–Crippen MR) is 102 cm³/mol. The Bertz CT molecular complexity index is 946. The lowest BCUT2D eigenvalue weighted by molar-refractivity contribution is 0.197. The molecular formula is C20H25N5O2. The molecule has 2 aromatic heterocycles. The molecule has 0 unspecified atom stereocenters. The summed E-state index contributed by atoms with van der Waals surface area (Å²) in [7, 11) is 5.36. The summed E-state index contributed by atoms with van der Waals surface area (Å²) in [6.07, 6.45) is 4.69. The van der Waals surface area contributed by atoms with Gasteiger partial charge in [0.25, 0.3) is 0 Å². The minimum atomic E-state index is 0.0598. The molecule has 7 heteroatoms. The second-order valence-electron chi connectivity index (χ2n) is 6.88. The van der Waals surface area contributed by atoms with E-state index < -0.39 is 0 Å². The molecule has 1 aliphatic rings. The quantitative estimate of drug-likeness (QED) is 0.751. The molecule has 27 heavy (non-hydrogen) atoms. The molecule has 0 bridgehead atoms. The third kappa shape index (κ3) is 3.08. The van der Waals surface area contributed by atoms with Gasteiger partial charge in [0.15, 0.2) is 0 Å². The molecular weight excluding hydrogens is 342 g/mol. The van der Waals surface area contributed by atoms with Crippen LogP contribution in [0.15, 0.2) is 30.7 Å². The highest BCUT2D eigenvalue weighted by Gasteiger charge is 2.33. The van der Waals surface area contributed by atoms with Crippen molar-refractivity contribution in [3.63, 3.8) is 0 Å². The Hall–Kier alpha value is -2.80. The number of H-pyrrole nitrogens is 1. The number of hydrogen-bond donors (Lipinski definition) is 1. The van der Waals surface area contributed by atoms with Gasteiger partial charge in [-0.05, 0) is 25.1 Å². The maximum atomic E-state index is 5.59. The Labute approximate surface area is 158 Å². The first-order valence-corrected chi connectivity index (χ1v) is 9.08. The van der Waals surface area contributed by atoms with Crippen LogP contribution in [0.3, 0.4) is 0 Å². The van der Waals surface area contributed by atoms with Gasteiger partial charge in [-0.2, -0.15) is 5.10 Å². The average Bonchev–Trinajstić information content (AvgIpc) is 3.29. The van der Waals surface area contributed by atoms with Gasteiger partial charge in [0, 0.05) is 49.1 Å². The fraction of sp³-hybridized carbons (Fsp3) is 0.400. The molecule has 1 aromatic carbocycles. The molecule has 7 nitrogen and oxygen atoms in total. The van der Waals surface area contributed by atoms with E-state index in [0.29, 0.717) is 0 Å². The van der Waals surface area contributed by atoms with E-state index in [1.165, 1.54) is 11.3 Å². The monoisotopic (exact) mass is 367 g/mol. The lowest BCUT2D eigenvalue weighted by atomic mass is 9.95. The Morgan fingerprint density at radius 1 is 1.26 bits per heavy atom. The van der Waals surface area contributed by atoms with Gasteiger partial charge in [-0.25, -0.2) is 4.98 Å². The van der Waals surface area contributed by atoms with Crippen molar-refractivity contribution in [1.82, 2.24) is 24.6 Å². The molecule has 142 valence electrons. The molecule has 1 atom stereocenters. The summed E-state index contributed by atoms with van der Waals surface area (Å²) in [6.45, 7) is 3.77. The van der Waals surface area contributed by atoms with Gasteiger partial charge >= 0.3 is 0 Å². The largest absolute Gasteiger partial charge is 0.497 e. The van der Waals surface area contributed by atoms with E-state index in [1.54, 1.807) is 20.5 Å². The van der Waals surface area contributed by atoms with E-state index in [1.807, 2.05) is 36.1 Å². The Kier molecular flexibility index (Phi) is 4.61. The van der Waals surface area contributed by atoms with E-state index in [-0.39, 0.29) is 6.04 Å². The second kappa shape index (κ2) is 7.08. The number of aryl methyl sites for hydroxylation is 1. The minimum absolute atomic E-state index is 0.0598. The smallest absolute Gasteiger partial charge is 0.123 e. The molecule has 0 radical (unpaired) electrons. The first-order chi connectivity index (χ1) is 13.1. The van der Waals surface area contributed by atoms with Gasteiger partial charge in [-0.3, -0.25) is 9.58 Å². The normalized spacial score (nSPS) is 17.0. The van der Waals surface area contributed by atoms with Crippen molar-refractivity contribution in [1.29, 1.82) is 0 Å². The van der Waals surface area contributed by atoms with Crippen molar-refractivity contribution < 1.29 is 9.47 Å². The minimum Gasteiger partial charge on any atom is -0.497 e. The topological polar surface area (TPSA) is 68.2 Å². The second-order valence-corrected chi connectivity index (χ2v) is 6.88. The van der Waals surface area contributed by atoms with Crippen molar-refractivity contribution in [2.75, 3.05) is 20.8 Å². The fourth-order valence-electron chi connectivity index (χ4n) is 3.85. The van der Waals surface area contributed by atoms with Gasteiger partial charge in [-0.15, -0.1) is 0 Å². The molecule has 1 N–H and O–H groups in total. The van der Waals surface area contributed by atoms with E-state index in [0.717, 1.165) is 48.0 Å². The first-order valence-electron chi connectivity index (χ1n) is 9.08. The van der Waals surface area contributed by atoms with Crippen molar-refractivity contribution in [3.8, 4) is 11.5 Å². The van der Waals surface area contributed by atoms with Crippen molar-refractivity contribution >= 4 is 0 Å². The van der Waals surface area contributed by atoms with Gasteiger partial charge in [-0.1, -0.05) is 0 Å². The Morgan fingerprint density at radius 3 is 2.81 bits per heavy atom. The zero-order valence-electron chi connectivity index (χ0n) is 16.2. The van der Waals surface area contributed by atoms with E-state index >= 15 is 0 Å². The number of nitrogens with zero attached hydrogens (tertiary/aromatic N) is 4. The summed E-state index contributed by atoms with van der Waals surface area (Å²) < 4.78 is 12.9. The molecule has 0 saturated heterocycles. The summed E-state index contributed by atoms with van der Waals surface area (Å²) in [4.78, 5) is 10.4. The third-order valence-electron chi connectivity index (χ3n) is 5.45. The van der Waals surface area contributed by atoms with Crippen LogP contribution in [0.4, 0.5) is 0 Å². The average molecular weight is 367 g/mol. The van der Waals surface area contributed by atoms with Crippen LogP contribution in [0.5, 0.6) is 11.5 Å². The molecule has 3 aromatic rings. The summed E-state index contributed by atoms with van der Waals surface area (Å²) in [5.41, 5.74) is 5.73. The van der Waals surface area contributed by atoms with Gasteiger partial charge in [0.05, 0.1) is 38.5 Å². The Morgan fingerprint density at radius 2 is 2.11 bits per heavy atom. The zero-order valence-corrected chi connectivity index (χ0v) is 16.2. The van der Waals surface area contributed by atoms with Crippen LogP contribution >= 0.6 is 0 Å². The predicted octanol–water partition coefficient (Wildman–Crippen LogP) is 2.62. The highest BCUT2D eigenvalue weighted by Crippen LogP contribution is 2.37. The number of benzene rings is 1. The molecule has 0 amide bonds. The molecule has 1 aliphatic heterocycles. The molecule has 0 fully saturated rings. The van der Waals surface area contributed by atoms with Crippen LogP contribution in [0, 0.1) is 6.92 Å². The number of ether oxygens (including phenoxy) is 2. The number of hydrogen-bond acceptors (Lipinski definition) is 5. The standard InChI is InChI=1S/C20H25N5O2/c1-13-16(10-23-24(13)2)20-19-17(21-12-22-19)7-8-25(20)11-14-9-15(26-3)5-6-18(14)27-4/h5-6,9-10,12,20H,7-8,11H2,1-4H3,(H,21,22)/t20-/m0/s1. The SMILES string of the molecule is COc1ccc(OC)c(CN2CCc3[nH]cnc3[C@@H]2c2cnn(C)c2C)c1. The van der Waals surface area contributed by atoms with Gasteiger partial charge in [0.1, 0.15) is 11.5 Å². The number of imidazole rings is 1. The highest BCUT2D eigenvalue weighted by molar-refractivity contribution is 5.41. The summed E-state index contributed by atoms with van der Waals surface area (Å²) in [5.74, 6) is 1.70. The number of aromatic amines is 1.